The summed E-state index contributed by atoms with van der Waals surface area (Å²) in [6, 6.07) is 11.8. The fourth-order valence-corrected chi connectivity index (χ4v) is 2.45. The molecule has 3 rings (SSSR count). The number of hydrogen-bond donors (Lipinski definition) is 2. The highest BCUT2D eigenvalue weighted by atomic mass is 79.9. The molecule has 3 nitrogen and oxygen atoms in total. The average Bonchev–Trinajstić information content (AvgIpc) is 2.89. The third-order valence-corrected chi connectivity index (χ3v) is 3.81. The first-order valence-electron chi connectivity index (χ1n) is 5.97. The predicted octanol–water partition coefficient (Wildman–Crippen LogP) is 4.32. The molecule has 0 aliphatic rings. The van der Waals surface area contributed by atoms with E-state index < -0.39 is 5.82 Å². The van der Waals surface area contributed by atoms with Crippen LogP contribution in [0.3, 0.4) is 0 Å². The van der Waals surface area contributed by atoms with Crippen LogP contribution in [-0.2, 0) is 0 Å². The number of anilines is 1. The Bertz CT molecular complexity index is 797. The molecule has 2 N–H and O–H groups in total. The minimum Gasteiger partial charge on any atom is -0.361 e. The van der Waals surface area contributed by atoms with E-state index in [1.165, 1.54) is 12.1 Å². The minimum atomic E-state index is -0.460. The van der Waals surface area contributed by atoms with Gasteiger partial charge in [0.25, 0.3) is 5.91 Å². The third-order valence-electron chi connectivity index (χ3n) is 3.01. The number of fused-ring (bicyclic) bond motifs is 1. The predicted molar refractivity (Wildman–Crippen MR) is 80.4 cm³/mol. The van der Waals surface area contributed by atoms with Crippen molar-refractivity contribution in [2.45, 2.75) is 0 Å². The van der Waals surface area contributed by atoms with E-state index in [0.29, 0.717) is 5.69 Å². The summed E-state index contributed by atoms with van der Waals surface area (Å²) in [5.74, 6) is -0.815. The number of carbonyl (C=O) groups excluding carboxylic acids is 1. The van der Waals surface area contributed by atoms with Crippen molar-refractivity contribution in [3.8, 4) is 0 Å². The molecular formula is C15H10BrFN2O. The molecule has 0 aliphatic carbocycles. The molecular weight excluding hydrogens is 323 g/mol. The Morgan fingerprint density at radius 3 is 2.90 bits per heavy atom. The molecule has 0 atom stereocenters. The van der Waals surface area contributed by atoms with Crippen molar-refractivity contribution in [2.75, 3.05) is 5.32 Å². The van der Waals surface area contributed by atoms with Crippen molar-refractivity contribution in [3.05, 3.63) is 64.5 Å². The topological polar surface area (TPSA) is 44.9 Å². The summed E-state index contributed by atoms with van der Waals surface area (Å²) in [7, 11) is 0. The van der Waals surface area contributed by atoms with Crippen LogP contribution in [0.2, 0.25) is 0 Å². The summed E-state index contributed by atoms with van der Waals surface area (Å²) in [5, 5.41) is 3.76. The summed E-state index contributed by atoms with van der Waals surface area (Å²) >= 11 is 3.09. The molecule has 1 aromatic heterocycles. The molecule has 5 heteroatoms. The van der Waals surface area contributed by atoms with E-state index in [2.05, 4.69) is 26.2 Å². The number of aromatic nitrogens is 1. The highest BCUT2D eigenvalue weighted by Gasteiger charge is 2.13. The molecule has 2 aromatic carbocycles. The third kappa shape index (κ3) is 2.32. The average molecular weight is 333 g/mol. The monoisotopic (exact) mass is 332 g/mol. The Balaban J connectivity index is 1.90. The second kappa shape index (κ2) is 5.09. The van der Waals surface area contributed by atoms with Gasteiger partial charge in [-0.05, 0) is 52.3 Å². The van der Waals surface area contributed by atoms with Crippen LogP contribution in [0.15, 0.2) is 53.1 Å². The summed E-state index contributed by atoms with van der Waals surface area (Å²) in [6.07, 6.45) is 1.83. The quantitative estimate of drug-likeness (QED) is 0.721. The maximum absolute atomic E-state index is 13.4. The number of rotatable bonds is 2. The SMILES string of the molecule is O=C(Nc1ccc2[nH]ccc2c1)c1cccc(F)c1Br. The maximum Gasteiger partial charge on any atom is 0.256 e. The van der Waals surface area contributed by atoms with Crippen LogP contribution in [0, 0.1) is 5.82 Å². The molecule has 0 aliphatic heterocycles. The normalized spacial score (nSPS) is 10.7. The lowest BCUT2D eigenvalue weighted by Crippen LogP contribution is -2.13. The number of amides is 1. The van der Waals surface area contributed by atoms with E-state index >= 15 is 0 Å². The number of hydrogen-bond acceptors (Lipinski definition) is 1. The number of carbonyl (C=O) groups is 1. The molecule has 0 saturated heterocycles. The zero-order valence-corrected chi connectivity index (χ0v) is 11.9. The zero-order chi connectivity index (χ0) is 14.1. The van der Waals surface area contributed by atoms with Gasteiger partial charge in [0.15, 0.2) is 0 Å². The Labute approximate surface area is 122 Å². The highest BCUT2D eigenvalue weighted by molar-refractivity contribution is 9.10. The lowest BCUT2D eigenvalue weighted by Gasteiger charge is -2.07. The summed E-state index contributed by atoms with van der Waals surface area (Å²) in [6.45, 7) is 0. The summed E-state index contributed by atoms with van der Waals surface area (Å²) < 4.78 is 13.6. The Kier molecular flexibility index (Phi) is 3.28. The molecule has 0 saturated carbocycles. The van der Waals surface area contributed by atoms with Crippen molar-refractivity contribution in [1.82, 2.24) is 4.98 Å². The maximum atomic E-state index is 13.4. The number of benzene rings is 2. The first-order chi connectivity index (χ1) is 9.65. The molecule has 100 valence electrons. The molecule has 0 bridgehead atoms. The van der Waals surface area contributed by atoms with Gasteiger partial charge in [-0.2, -0.15) is 0 Å². The van der Waals surface area contributed by atoms with Crippen LogP contribution in [0.25, 0.3) is 10.9 Å². The fourth-order valence-electron chi connectivity index (χ4n) is 2.01. The van der Waals surface area contributed by atoms with E-state index in [9.17, 15) is 9.18 Å². The zero-order valence-electron chi connectivity index (χ0n) is 10.3. The lowest BCUT2D eigenvalue weighted by atomic mass is 10.2. The molecule has 0 radical (unpaired) electrons. The van der Waals surface area contributed by atoms with Gasteiger partial charge in [-0.15, -0.1) is 0 Å². The molecule has 3 aromatic rings. The van der Waals surface area contributed by atoms with Crippen molar-refractivity contribution < 1.29 is 9.18 Å². The van der Waals surface area contributed by atoms with Gasteiger partial charge in [0.05, 0.1) is 10.0 Å². The van der Waals surface area contributed by atoms with Gasteiger partial charge in [0.2, 0.25) is 0 Å². The lowest BCUT2D eigenvalue weighted by molar-refractivity contribution is 0.102. The Morgan fingerprint density at radius 2 is 2.05 bits per heavy atom. The Morgan fingerprint density at radius 1 is 1.20 bits per heavy atom. The van der Waals surface area contributed by atoms with Gasteiger partial charge in [-0.25, -0.2) is 4.39 Å². The van der Waals surface area contributed by atoms with E-state index in [-0.39, 0.29) is 15.9 Å². The van der Waals surface area contributed by atoms with E-state index in [4.69, 9.17) is 0 Å². The van der Waals surface area contributed by atoms with Crippen LogP contribution < -0.4 is 5.32 Å². The van der Waals surface area contributed by atoms with Crippen LogP contribution in [0.4, 0.5) is 10.1 Å². The number of aromatic amines is 1. The fraction of sp³-hybridized carbons (Fsp3) is 0. The van der Waals surface area contributed by atoms with Gasteiger partial charge < -0.3 is 10.3 Å². The number of H-pyrrole nitrogens is 1. The molecule has 0 fully saturated rings. The van der Waals surface area contributed by atoms with Crippen molar-refractivity contribution >= 4 is 38.4 Å². The molecule has 20 heavy (non-hydrogen) atoms. The van der Waals surface area contributed by atoms with E-state index in [1.54, 1.807) is 12.1 Å². The second-order valence-electron chi connectivity index (χ2n) is 4.34. The van der Waals surface area contributed by atoms with Gasteiger partial charge >= 0.3 is 0 Å². The largest absolute Gasteiger partial charge is 0.361 e. The van der Waals surface area contributed by atoms with Crippen molar-refractivity contribution in [1.29, 1.82) is 0 Å². The molecule has 1 heterocycles. The highest BCUT2D eigenvalue weighted by Crippen LogP contribution is 2.23. The van der Waals surface area contributed by atoms with Crippen LogP contribution >= 0.6 is 15.9 Å². The van der Waals surface area contributed by atoms with E-state index in [1.807, 2.05) is 24.4 Å². The summed E-state index contributed by atoms with van der Waals surface area (Å²) in [5.41, 5.74) is 1.92. The smallest absolute Gasteiger partial charge is 0.256 e. The number of nitrogens with one attached hydrogen (secondary N) is 2. The van der Waals surface area contributed by atoms with Gasteiger partial charge in [-0.1, -0.05) is 6.07 Å². The molecule has 0 unspecified atom stereocenters. The van der Waals surface area contributed by atoms with Gasteiger partial charge in [0.1, 0.15) is 5.82 Å². The number of halogens is 2. The summed E-state index contributed by atoms with van der Waals surface area (Å²) in [4.78, 5) is 15.2. The van der Waals surface area contributed by atoms with Crippen molar-refractivity contribution in [3.63, 3.8) is 0 Å². The van der Waals surface area contributed by atoms with Crippen LogP contribution in [0.1, 0.15) is 10.4 Å². The molecule has 1 amide bonds. The first-order valence-corrected chi connectivity index (χ1v) is 6.77. The van der Waals surface area contributed by atoms with E-state index in [0.717, 1.165) is 10.9 Å². The van der Waals surface area contributed by atoms with Gasteiger partial charge in [-0.3, -0.25) is 4.79 Å². The van der Waals surface area contributed by atoms with Gasteiger partial charge in [0, 0.05) is 22.8 Å². The standard InChI is InChI=1S/C15H10BrFN2O/c16-14-11(2-1-3-12(14)17)15(20)19-10-4-5-13-9(8-10)6-7-18-13/h1-8,18H,(H,19,20). The van der Waals surface area contributed by atoms with Crippen molar-refractivity contribution in [2.24, 2.45) is 0 Å². The van der Waals surface area contributed by atoms with Crippen LogP contribution in [0.5, 0.6) is 0 Å². The second-order valence-corrected chi connectivity index (χ2v) is 5.13. The first kappa shape index (κ1) is 12.9. The molecule has 0 spiro atoms. The minimum absolute atomic E-state index is 0.167. The Hall–Kier alpha value is -2.14. The van der Waals surface area contributed by atoms with Crippen LogP contribution in [-0.4, -0.2) is 10.9 Å².